The van der Waals surface area contributed by atoms with Gasteiger partial charge in [-0.2, -0.15) is 0 Å². The molecule has 0 aliphatic carbocycles. The van der Waals surface area contributed by atoms with E-state index in [1.165, 1.54) is 17.6 Å². The first kappa shape index (κ1) is 14.3. The number of carboxylic acids is 1. The summed E-state index contributed by atoms with van der Waals surface area (Å²) in [7, 11) is 0. The molecule has 2 heterocycles. The summed E-state index contributed by atoms with van der Waals surface area (Å²) in [5.41, 5.74) is 1.08. The Balaban J connectivity index is 2.05. The largest absolute Gasteiger partial charge is 0.481 e. The first-order valence-corrected chi connectivity index (χ1v) is 6.88. The van der Waals surface area contributed by atoms with Crippen molar-refractivity contribution in [3.63, 3.8) is 0 Å². The van der Waals surface area contributed by atoms with Crippen LogP contribution >= 0.6 is 11.3 Å². The zero-order valence-electron chi connectivity index (χ0n) is 11.0. The van der Waals surface area contributed by atoms with Gasteiger partial charge in [0.1, 0.15) is 17.0 Å². The van der Waals surface area contributed by atoms with Gasteiger partial charge >= 0.3 is 5.97 Å². The molecule has 0 aliphatic heterocycles. The molecule has 0 fully saturated rings. The molecule has 2 N–H and O–H groups in total. The number of furan rings is 1. The topological polar surface area (TPSA) is 92.4 Å². The summed E-state index contributed by atoms with van der Waals surface area (Å²) < 4.78 is 4.96. The van der Waals surface area contributed by atoms with Gasteiger partial charge in [-0.1, -0.05) is 0 Å². The van der Waals surface area contributed by atoms with Crippen LogP contribution in [0.1, 0.15) is 24.3 Å². The third-order valence-electron chi connectivity index (χ3n) is 3.00. The molecule has 0 aromatic carbocycles. The van der Waals surface area contributed by atoms with E-state index in [0.717, 1.165) is 5.56 Å². The minimum Gasteiger partial charge on any atom is -0.481 e. The van der Waals surface area contributed by atoms with E-state index >= 15 is 0 Å². The maximum Gasteiger partial charge on any atom is 0.308 e. The van der Waals surface area contributed by atoms with Crippen molar-refractivity contribution in [1.29, 1.82) is 0 Å². The van der Waals surface area contributed by atoms with Gasteiger partial charge in [-0.15, -0.1) is 11.3 Å². The quantitative estimate of drug-likeness (QED) is 0.882. The van der Waals surface area contributed by atoms with Gasteiger partial charge in [-0.25, -0.2) is 4.98 Å². The second-order valence-electron chi connectivity index (χ2n) is 4.44. The van der Waals surface area contributed by atoms with Gasteiger partial charge in [-0.05, 0) is 19.9 Å². The average molecular weight is 294 g/mol. The predicted octanol–water partition coefficient (Wildman–Crippen LogP) is 2.24. The minimum absolute atomic E-state index is 0.274. The second kappa shape index (κ2) is 5.87. The van der Waals surface area contributed by atoms with Gasteiger partial charge in [0.2, 0.25) is 0 Å². The lowest BCUT2D eigenvalue weighted by Gasteiger charge is -2.16. The number of carbonyl (C=O) groups is 2. The van der Waals surface area contributed by atoms with Gasteiger partial charge in [0.15, 0.2) is 0 Å². The number of nitrogens with zero attached hydrogens (tertiary/aromatic N) is 1. The van der Waals surface area contributed by atoms with Crippen molar-refractivity contribution >= 4 is 23.2 Å². The molecule has 1 amide bonds. The molecule has 20 heavy (non-hydrogen) atoms. The molecule has 0 bridgehead atoms. The highest BCUT2D eigenvalue weighted by molar-refractivity contribution is 7.13. The highest BCUT2D eigenvalue weighted by Crippen LogP contribution is 2.23. The lowest BCUT2D eigenvalue weighted by Crippen LogP contribution is -2.40. The smallest absolute Gasteiger partial charge is 0.308 e. The van der Waals surface area contributed by atoms with Crippen LogP contribution < -0.4 is 5.32 Å². The van der Waals surface area contributed by atoms with Crippen molar-refractivity contribution < 1.29 is 19.1 Å². The molecule has 2 rings (SSSR count). The molecular weight excluding hydrogens is 280 g/mol. The highest BCUT2D eigenvalue weighted by atomic mass is 32.1. The molecule has 0 spiro atoms. The predicted molar refractivity (Wildman–Crippen MR) is 73.5 cm³/mol. The zero-order valence-corrected chi connectivity index (χ0v) is 11.8. The Morgan fingerprint density at radius 2 is 2.20 bits per heavy atom. The molecule has 2 aromatic rings. The van der Waals surface area contributed by atoms with Gasteiger partial charge in [0, 0.05) is 17.0 Å². The summed E-state index contributed by atoms with van der Waals surface area (Å²) in [4.78, 5) is 27.0. The first-order chi connectivity index (χ1) is 9.49. The Labute approximate surface area is 119 Å². The lowest BCUT2D eigenvalue weighted by atomic mass is 10.0. The van der Waals surface area contributed by atoms with Crippen LogP contribution in [-0.4, -0.2) is 28.0 Å². The maximum atomic E-state index is 12.0. The number of amides is 1. The van der Waals surface area contributed by atoms with E-state index in [0.29, 0.717) is 5.01 Å². The van der Waals surface area contributed by atoms with Crippen molar-refractivity contribution in [2.24, 2.45) is 5.92 Å². The highest BCUT2D eigenvalue weighted by Gasteiger charge is 2.22. The number of carbonyl (C=O) groups excluding carboxylic acids is 1. The molecule has 106 valence electrons. The van der Waals surface area contributed by atoms with Crippen molar-refractivity contribution in [2.45, 2.75) is 19.9 Å². The molecule has 0 saturated heterocycles. The molecule has 0 radical (unpaired) electrons. The molecule has 0 saturated carbocycles. The van der Waals surface area contributed by atoms with E-state index in [4.69, 9.17) is 9.52 Å². The molecule has 2 atom stereocenters. The van der Waals surface area contributed by atoms with E-state index in [1.54, 1.807) is 31.6 Å². The summed E-state index contributed by atoms with van der Waals surface area (Å²) in [6.07, 6.45) is 3.09. The standard InChI is InChI=1S/C13H14N2O4S/c1-7(13(17)18)8(2)14-11(16)10-6-20-12(15-10)9-3-4-19-5-9/h3-8H,1-2H3,(H,14,16)(H,17,18). The van der Waals surface area contributed by atoms with Gasteiger partial charge in [0.05, 0.1) is 12.2 Å². The summed E-state index contributed by atoms with van der Waals surface area (Å²) in [5.74, 6) is -1.99. The van der Waals surface area contributed by atoms with Crippen LogP contribution in [0.5, 0.6) is 0 Å². The van der Waals surface area contributed by atoms with Crippen LogP contribution in [0.15, 0.2) is 28.4 Å². The summed E-state index contributed by atoms with van der Waals surface area (Å²) >= 11 is 1.33. The fourth-order valence-electron chi connectivity index (χ4n) is 1.52. The second-order valence-corrected chi connectivity index (χ2v) is 5.30. The SMILES string of the molecule is CC(NC(=O)c1csc(-c2ccoc2)n1)C(C)C(=O)O. The Morgan fingerprint density at radius 1 is 1.45 bits per heavy atom. The molecular formula is C13H14N2O4S. The number of aromatic nitrogens is 1. The Hall–Kier alpha value is -2.15. The van der Waals surface area contributed by atoms with Crippen molar-refractivity contribution in [3.8, 4) is 10.6 Å². The number of thiazole rings is 1. The summed E-state index contributed by atoms with van der Waals surface area (Å²) in [5, 5.41) is 13.8. The number of rotatable bonds is 5. The van der Waals surface area contributed by atoms with E-state index in [2.05, 4.69) is 10.3 Å². The normalized spacial score (nSPS) is 13.7. The number of carboxylic acid groups (broad SMARTS) is 1. The van der Waals surface area contributed by atoms with Crippen molar-refractivity contribution in [1.82, 2.24) is 10.3 Å². The monoisotopic (exact) mass is 294 g/mol. The van der Waals surface area contributed by atoms with Crippen molar-refractivity contribution in [2.75, 3.05) is 0 Å². The molecule has 2 unspecified atom stereocenters. The average Bonchev–Trinajstić information content (AvgIpc) is 3.07. The van der Waals surface area contributed by atoms with Crippen LogP contribution in [-0.2, 0) is 4.79 Å². The number of nitrogens with one attached hydrogen (secondary N) is 1. The third kappa shape index (κ3) is 3.05. The number of aliphatic carboxylic acids is 1. The molecule has 2 aromatic heterocycles. The maximum absolute atomic E-state index is 12.0. The molecule has 6 nitrogen and oxygen atoms in total. The van der Waals surface area contributed by atoms with Crippen LogP contribution in [0.3, 0.4) is 0 Å². The van der Waals surface area contributed by atoms with Gasteiger partial charge < -0.3 is 14.8 Å². The Kier molecular flexibility index (Phi) is 4.19. The van der Waals surface area contributed by atoms with Crippen LogP contribution in [0.2, 0.25) is 0 Å². The molecule has 7 heteroatoms. The number of hydrogen-bond donors (Lipinski definition) is 2. The lowest BCUT2D eigenvalue weighted by molar-refractivity contribution is -0.141. The van der Waals surface area contributed by atoms with Crippen molar-refractivity contribution in [3.05, 3.63) is 29.7 Å². The van der Waals surface area contributed by atoms with E-state index in [-0.39, 0.29) is 11.6 Å². The van der Waals surface area contributed by atoms with E-state index in [9.17, 15) is 9.59 Å². The van der Waals surface area contributed by atoms with Crippen LogP contribution in [0, 0.1) is 5.92 Å². The fraction of sp³-hybridized carbons (Fsp3) is 0.308. The Morgan fingerprint density at radius 3 is 2.80 bits per heavy atom. The Bertz CT molecular complexity index is 606. The molecule has 0 aliphatic rings. The zero-order chi connectivity index (χ0) is 14.7. The minimum atomic E-state index is -0.949. The van der Waals surface area contributed by atoms with Gasteiger partial charge in [-0.3, -0.25) is 9.59 Å². The van der Waals surface area contributed by atoms with E-state index in [1.807, 2.05) is 0 Å². The van der Waals surface area contributed by atoms with Crippen LogP contribution in [0.25, 0.3) is 10.6 Å². The van der Waals surface area contributed by atoms with Crippen LogP contribution in [0.4, 0.5) is 0 Å². The van der Waals surface area contributed by atoms with Gasteiger partial charge in [0.25, 0.3) is 5.91 Å². The summed E-state index contributed by atoms with van der Waals surface area (Å²) in [6, 6.07) is 1.29. The first-order valence-electron chi connectivity index (χ1n) is 6.01. The van der Waals surface area contributed by atoms with E-state index < -0.39 is 17.9 Å². The third-order valence-corrected chi connectivity index (χ3v) is 3.89. The fourth-order valence-corrected chi connectivity index (χ4v) is 2.30. The summed E-state index contributed by atoms with van der Waals surface area (Å²) in [6.45, 7) is 3.20. The number of hydrogen-bond acceptors (Lipinski definition) is 5.